The van der Waals surface area contributed by atoms with E-state index in [4.69, 9.17) is 0 Å². The molecule has 2 saturated carbocycles. The largest absolute Gasteiger partial charge is 0.340 e. The second kappa shape index (κ2) is 6.68. The van der Waals surface area contributed by atoms with Crippen molar-refractivity contribution in [1.29, 1.82) is 0 Å². The van der Waals surface area contributed by atoms with Crippen molar-refractivity contribution in [2.45, 2.75) is 64.8 Å². The van der Waals surface area contributed by atoms with Crippen molar-refractivity contribution in [2.24, 2.45) is 17.8 Å². The summed E-state index contributed by atoms with van der Waals surface area (Å²) < 4.78 is 0. The van der Waals surface area contributed by atoms with Gasteiger partial charge in [0.1, 0.15) is 0 Å². The zero-order valence-electron chi connectivity index (χ0n) is 13.9. The van der Waals surface area contributed by atoms with Crippen LogP contribution in [0.15, 0.2) is 0 Å². The monoisotopic (exact) mass is 292 g/mol. The summed E-state index contributed by atoms with van der Waals surface area (Å²) in [5, 5.41) is 0. The molecule has 1 amide bonds. The third kappa shape index (κ3) is 3.44. The number of carbonyl (C=O) groups is 1. The van der Waals surface area contributed by atoms with Gasteiger partial charge < -0.3 is 4.90 Å². The summed E-state index contributed by atoms with van der Waals surface area (Å²) in [6, 6.07) is 0.798. The van der Waals surface area contributed by atoms with E-state index in [-0.39, 0.29) is 0 Å². The Labute approximate surface area is 130 Å². The first-order chi connectivity index (χ1) is 10.2. The first-order valence-corrected chi connectivity index (χ1v) is 9.20. The molecule has 3 nitrogen and oxygen atoms in total. The molecule has 1 saturated heterocycles. The first-order valence-electron chi connectivity index (χ1n) is 9.20. The molecule has 0 spiro atoms. The van der Waals surface area contributed by atoms with Crippen molar-refractivity contribution in [1.82, 2.24) is 9.80 Å². The molecule has 1 aliphatic heterocycles. The Bertz CT molecular complexity index is 348. The lowest BCUT2D eigenvalue weighted by molar-refractivity contribution is -0.142. The van der Waals surface area contributed by atoms with Crippen LogP contribution in [0.4, 0.5) is 0 Å². The predicted molar refractivity (Wildman–Crippen MR) is 86.1 cm³/mol. The van der Waals surface area contributed by atoms with Crippen molar-refractivity contribution in [3.63, 3.8) is 0 Å². The molecule has 3 heteroatoms. The van der Waals surface area contributed by atoms with Crippen LogP contribution in [0.3, 0.4) is 0 Å². The van der Waals surface area contributed by atoms with Gasteiger partial charge in [0.05, 0.1) is 0 Å². The fourth-order valence-corrected chi connectivity index (χ4v) is 4.44. The van der Waals surface area contributed by atoms with E-state index in [1.54, 1.807) is 0 Å². The maximum Gasteiger partial charge on any atom is 0.225 e. The number of amides is 1. The summed E-state index contributed by atoms with van der Waals surface area (Å²) >= 11 is 0. The highest BCUT2D eigenvalue weighted by Gasteiger charge is 2.37. The maximum absolute atomic E-state index is 12.5. The standard InChI is InChI=1S/C18H32N2O/c1-3-15-12-16(13-15)18(21)20-10-8-19(9-11-20)17-6-4-14(2)5-7-17/h14-17H,3-13H2,1-2H3. The molecular weight excluding hydrogens is 260 g/mol. The van der Waals surface area contributed by atoms with Crippen molar-refractivity contribution in [2.75, 3.05) is 26.2 Å². The molecule has 120 valence electrons. The van der Waals surface area contributed by atoms with E-state index in [1.165, 1.54) is 32.1 Å². The van der Waals surface area contributed by atoms with Crippen molar-refractivity contribution in [3.8, 4) is 0 Å². The minimum absolute atomic E-state index is 0.358. The summed E-state index contributed by atoms with van der Waals surface area (Å²) in [5.74, 6) is 2.56. The predicted octanol–water partition coefficient (Wildman–Crippen LogP) is 3.15. The van der Waals surface area contributed by atoms with Gasteiger partial charge in [-0.05, 0) is 50.4 Å². The number of rotatable bonds is 3. The van der Waals surface area contributed by atoms with Crippen molar-refractivity contribution in [3.05, 3.63) is 0 Å². The third-order valence-electron chi connectivity index (χ3n) is 6.29. The average Bonchev–Trinajstić information content (AvgIpc) is 2.47. The smallest absolute Gasteiger partial charge is 0.225 e. The fraction of sp³-hybridized carbons (Fsp3) is 0.944. The molecule has 21 heavy (non-hydrogen) atoms. The van der Waals surface area contributed by atoms with Gasteiger partial charge in [0.15, 0.2) is 0 Å². The summed E-state index contributed by atoms with van der Waals surface area (Å²) in [7, 11) is 0. The molecule has 0 N–H and O–H groups in total. The Kier molecular flexibility index (Phi) is 4.88. The highest BCUT2D eigenvalue weighted by molar-refractivity contribution is 5.79. The lowest BCUT2D eigenvalue weighted by atomic mass is 9.73. The van der Waals surface area contributed by atoms with E-state index in [2.05, 4.69) is 23.6 Å². The Morgan fingerprint density at radius 3 is 2.19 bits per heavy atom. The van der Waals surface area contributed by atoms with E-state index in [1.807, 2.05) is 0 Å². The van der Waals surface area contributed by atoms with Gasteiger partial charge in [-0.3, -0.25) is 9.69 Å². The number of hydrogen-bond donors (Lipinski definition) is 0. The average molecular weight is 292 g/mol. The molecule has 3 fully saturated rings. The van der Waals surface area contributed by atoms with Gasteiger partial charge in [0, 0.05) is 38.1 Å². The van der Waals surface area contributed by atoms with Crippen LogP contribution in [-0.4, -0.2) is 47.9 Å². The molecule has 3 aliphatic rings. The van der Waals surface area contributed by atoms with Crippen LogP contribution in [0, 0.1) is 17.8 Å². The molecule has 3 rings (SSSR count). The zero-order valence-corrected chi connectivity index (χ0v) is 13.9. The SMILES string of the molecule is CCC1CC(C(=O)N2CCN(C3CCC(C)CC3)CC2)C1. The summed E-state index contributed by atoms with van der Waals surface area (Å²) in [6.45, 7) is 8.78. The third-order valence-corrected chi connectivity index (χ3v) is 6.29. The second-order valence-electron chi connectivity index (χ2n) is 7.72. The lowest BCUT2D eigenvalue weighted by Gasteiger charge is -2.44. The molecule has 0 unspecified atom stereocenters. The zero-order chi connectivity index (χ0) is 14.8. The van der Waals surface area contributed by atoms with Gasteiger partial charge in [0.25, 0.3) is 0 Å². The molecule has 0 bridgehead atoms. The Morgan fingerprint density at radius 1 is 1.00 bits per heavy atom. The molecule has 0 aromatic carbocycles. The van der Waals surface area contributed by atoms with Crippen molar-refractivity contribution >= 4 is 5.91 Å². The van der Waals surface area contributed by atoms with Crippen LogP contribution in [0.25, 0.3) is 0 Å². The Morgan fingerprint density at radius 2 is 1.62 bits per heavy atom. The molecule has 0 aromatic rings. The highest BCUT2D eigenvalue weighted by Crippen LogP contribution is 2.37. The van der Waals surface area contributed by atoms with Gasteiger partial charge >= 0.3 is 0 Å². The number of piperazine rings is 1. The van der Waals surface area contributed by atoms with Crippen LogP contribution in [-0.2, 0) is 4.79 Å². The second-order valence-corrected chi connectivity index (χ2v) is 7.72. The topological polar surface area (TPSA) is 23.6 Å². The van der Waals surface area contributed by atoms with Gasteiger partial charge in [-0.1, -0.05) is 20.3 Å². The minimum Gasteiger partial charge on any atom is -0.340 e. The van der Waals surface area contributed by atoms with Crippen LogP contribution in [0.2, 0.25) is 0 Å². The minimum atomic E-state index is 0.358. The van der Waals surface area contributed by atoms with Crippen LogP contribution >= 0.6 is 0 Å². The van der Waals surface area contributed by atoms with Gasteiger partial charge in [0.2, 0.25) is 5.91 Å². The summed E-state index contributed by atoms with van der Waals surface area (Å²) in [4.78, 5) is 17.3. The van der Waals surface area contributed by atoms with E-state index >= 15 is 0 Å². The Balaban J connectivity index is 1.42. The van der Waals surface area contributed by atoms with E-state index in [9.17, 15) is 4.79 Å². The normalized spacial score (nSPS) is 38.1. The number of nitrogens with zero attached hydrogens (tertiary/aromatic N) is 2. The van der Waals surface area contributed by atoms with Crippen LogP contribution < -0.4 is 0 Å². The summed E-state index contributed by atoms with van der Waals surface area (Å²) in [5.41, 5.74) is 0. The van der Waals surface area contributed by atoms with E-state index < -0.39 is 0 Å². The van der Waals surface area contributed by atoms with Crippen LogP contribution in [0.5, 0.6) is 0 Å². The number of hydrogen-bond acceptors (Lipinski definition) is 2. The van der Waals surface area contributed by atoms with Gasteiger partial charge in [-0.25, -0.2) is 0 Å². The quantitative estimate of drug-likeness (QED) is 0.798. The first kappa shape index (κ1) is 15.3. The maximum atomic E-state index is 12.5. The van der Waals surface area contributed by atoms with Crippen LogP contribution in [0.1, 0.15) is 58.8 Å². The van der Waals surface area contributed by atoms with Crippen molar-refractivity contribution < 1.29 is 4.79 Å². The molecular formula is C18H32N2O. The van der Waals surface area contributed by atoms with E-state index in [0.29, 0.717) is 11.8 Å². The molecule has 0 atom stereocenters. The number of carbonyl (C=O) groups excluding carboxylic acids is 1. The van der Waals surface area contributed by atoms with Gasteiger partial charge in [-0.15, -0.1) is 0 Å². The van der Waals surface area contributed by atoms with E-state index in [0.717, 1.165) is 56.9 Å². The van der Waals surface area contributed by atoms with Gasteiger partial charge in [-0.2, -0.15) is 0 Å². The molecule has 2 aliphatic carbocycles. The Hall–Kier alpha value is -0.570. The fourth-order valence-electron chi connectivity index (χ4n) is 4.44. The highest BCUT2D eigenvalue weighted by atomic mass is 16.2. The molecule has 0 aromatic heterocycles. The lowest BCUT2D eigenvalue weighted by Crippen LogP contribution is -2.54. The summed E-state index contributed by atoms with van der Waals surface area (Å²) in [6.07, 6.45) is 9.07. The molecule has 0 radical (unpaired) electrons. The molecule has 1 heterocycles.